The van der Waals surface area contributed by atoms with Crippen molar-refractivity contribution < 1.29 is 9.32 Å². The second-order valence-corrected chi connectivity index (χ2v) is 5.14. The van der Waals surface area contributed by atoms with Crippen LogP contribution in [-0.4, -0.2) is 17.1 Å². The minimum Gasteiger partial charge on any atom is -0.356 e. The van der Waals surface area contributed by atoms with E-state index in [2.05, 4.69) is 16.5 Å². The van der Waals surface area contributed by atoms with E-state index >= 15 is 0 Å². The first-order chi connectivity index (χ1) is 9.78. The van der Waals surface area contributed by atoms with E-state index in [0.717, 1.165) is 24.6 Å². The fourth-order valence-electron chi connectivity index (χ4n) is 2.76. The minimum absolute atomic E-state index is 0.0225. The summed E-state index contributed by atoms with van der Waals surface area (Å²) in [6.07, 6.45) is 2.93. The van der Waals surface area contributed by atoms with Crippen molar-refractivity contribution in [1.82, 2.24) is 10.5 Å². The number of aromatic nitrogens is 1. The summed E-state index contributed by atoms with van der Waals surface area (Å²) in [5.74, 6) is -0.163. The van der Waals surface area contributed by atoms with Gasteiger partial charge in [0, 0.05) is 11.4 Å². The number of carbonyl (C=O) groups excluding carboxylic acids is 1. The highest BCUT2D eigenvalue weighted by Crippen LogP contribution is 2.25. The van der Waals surface area contributed by atoms with Gasteiger partial charge in [-0.3, -0.25) is 4.79 Å². The number of carbonyl (C=O) groups is 1. The molecular formula is C15H15N3O2. The molecule has 0 bridgehead atoms. The highest BCUT2D eigenvalue weighted by Gasteiger charge is 2.28. The van der Waals surface area contributed by atoms with Crippen molar-refractivity contribution in [2.24, 2.45) is 5.92 Å². The minimum atomic E-state index is -0.101. The lowest BCUT2D eigenvalue weighted by Gasteiger charge is -2.14. The summed E-state index contributed by atoms with van der Waals surface area (Å²) in [5, 5.41) is 16.8. The van der Waals surface area contributed by atoms with Crippen molar-refractivity contribution in [1.29, 1.82) is 5.26 Å². The van der Waals surface area contributed by atoms with E-state index in [-0.39, 0.29) is 24.3 Å². The Kier molecular flexibility index (Phi) is 3.38. The quantitative estimate of drug-likeness (QED) is 0.926. The maximum atomic E-state index is 12.1. The van der Waals surface area contributed by atoms with Gasteiger partial charge in [0.1, 0.15) is 5.69 Å². The van der Waals surface area contributed by atoms with Gasteiger partial charge in [-0.25, -0.2) is 0 Å². The third kappa shape index (κ3) is 2.37. The second-order valence-electron chi connectivity index (χ2n) is 5.14. The van der Waals surface area contributed by atoms with Crippen LogP contribution < -0.4 is 5.32 Å². The van der Waals surface area contributed by atoms with Crippen molar-refractivity contribution in [2.45, 2.75) is 31.7 Å². The molecule has 5 nitrogen and oxygen atoms in total. The predicted molar refractivity (Wildman–Crippen MR) is 72.6 cm³/mol. The van der Waals surface area contributed by atoms with Crippen molar-refractivity contribution in [3.05, 3.63) is 30.0 Å². The normalized spacial score (nSPS) is 21.8. The van der Waals surface area contributed by atoms with Crippen LogP contribution >= 0.6 is 0 Å². The highest BCUT2D eigenvalue weighted by atomic mass is 16.5. The summed E-state index contributed by atoms with van der Waals surface area (Å²) >= 11 is 0. The summed E-state index contributed by atoms with van der Waals surface area (Å²) in [6, 6.07) is 9.71. The van der Waals surface area contributed by atoms with Gasteiger partial charge in [-0.1, -0.05) is 17.3 Å². The Morgan fingerprint density at radius 1 is 1.45 bits per heavy atom. The number of fused-ring (bicyclic) bond motifs is 1. The molecule has 1 aromatic carbocycles. The van der Waals surface area contributed by atoms with E-state index in [9.17, 15) is 4.79 Å². The number of para-hydroxylation sites is 1. The Morgan fingerprint density at radius 2 is 2.30 bits per heavy atom. The summed E-state index contributed by atoms with van der Waals surface area (Å²) in [7, 11) is 0. The molecule has 0 spiro atoms. The summed E-state index contributed by atoms with van der Waals surface area (Å²) in [6.45, 7) is 0. The monoisotopic (exact) mass is 269 g/mol. The molecule has 1 heterocycles. The molecule has 2 unspecified atom stereocenters. The molecular weight excluding hydrogens is 254 g/mol. The van der Waals surface area contributed by atoms with Crippen molar-refractivity contribution >= 4 is 16.9 Å². The average Bonchev–Trinajstić information content (AvgIpc) is 3.06. The van der Waals surface area contributed by atoms with Crippen LogP contribution in [0, 0.1) is 17.2 Å². The fraction of sp³-hybridized carbons (Fsp3) is 0.400. The van der Waals surface area contributed by atoms with Crippen molar-refractivity contribution in [2.75, 3.05) is 0 Å². The summed E-state index contributed by atoms with van der Waals surface area (Å²) < 4.78 is 5.18. The first-order valence-corrected chi connectivity index (χ1v) is 6.80. The van der Waals surface area contributed by atoms with Gasteiger partial charge in [0.05, 0.1) is 18.4 Å². The maximum Gasteiger partial charge on any atom is 0.226 e. The molecule has 5 heteroatoms. The van der Waals surface area contributed by atoms with E-state index in [0.29, 0.717) is 11.3 Å². The average molecular weight is 269 g/mol. The third-order valence-corrected chi connectivity index (χ3v) is 3.81. The highest BCUT2D eigenvalue weighted by molar-refractivity contribution is 5.86. The molecule has 0 radical (unpaired) electrons. The Bertz CT molecular complexity index is 671. The van der Waals surface area contributed by atoms with Crippen LogP contribution in [0.1, 0.15) is 25.0 Å². The second kappa shape index (κ2) is 5.33. The number of hydrogen-bond acceptors (Lipinski definition) is 4. The molecule has 1 saturated carbocycles. The lowest BCUT2D eigenvalue weighted by Crippen LogP contribution is -2.37. The summed E-state index contributed by atoms with van der Waals surface area (Å²) in [5.41, 5.74) is 1.33. The van der Waals surface area contributed by atoms with Gasteiger partial charge in [0.25, 0.3) is 0 Å². The molecule has 3 rings (SSSR count). The largest absolute Gasteiger partial charge is 0.356 e. The number of benzene rings is 1. The standard InChI is InChI=1S/C15H15N3O2/c16-9-10-4-3-6-12(10)17-15(19)8-13-11-5-1-2-7-14(11)20-18-13/h1-2,5,7,10,12H,3-4,6,8H2,(H,17,19). The third-order valence-electron chi connectivity index (χ3n) is 3.81. The number of amides is 1. The van der Waals surface area contributed by atoms with E-state index in [1.165, 1.54) is 0 Å². The van der Waals surface area contributed by atoms with Gasteiger partial charge in [-0.2, -0.15) is 5.26 Å². The molecule has 20 heavy (non-hydrogen) atoms. The molecule has 1 aliphatic rings. The van der Waals surface area contributed by atoms with E-state index in [1.807, 2.05) is 24.3 Å². The molecule has 1 N–H and O–H groups in total. The Hall–Kier alpha value is -2.35. The van der Waals surface area contributed by atoms with Gasteiger partial charge >= 0.3 is 0 Å². The van der Waals surface area contributed by atoms with Crippen LogP contribution in [0.15, 0.2) is 28.8 Å². The fourth-order valence-corrected chi connectivity index (χ4v) is 2.76. The number of hydrogen-bond donors (Lipinski definition) is 1. The number of rotatable bonds is 3. The molecule has 1 amide bonds. The molecule has 2 atom stereocenters. The Morgan fingerprint density at radius 3 is 3.15 bits per heavy atom. The number of nitrogens with one attached hydrogen (secondary N) is 1. The first-order valence-electron chi connectivity index (χ1n) is 6.80. The number of nitrogens with zero attached hydrogens (tertiary/aromatic N) is 2. The van der Waals surface area contributed by atoms with Crippen LogP contribution in [0.4, 0.5) is 0 Å². The lowest BCUT2D eigenvalue weighted by molar-refractivity contribution is -0.121. The van der Waals surface area contributed by atoms with E-state index in [1.54, 1.807) is 0 Å². The predicted octanol–water partition coefficient (Wildman–Crippen LogP) is 2.18. The van der Waals surface area contributed by atoms with Crippen LogP contribution in [0.5, 0.6) is 0 Å². The van der Waals surface area contributed by atoms with Crippen LogP contribution in [0.3, 0.4) is 0 Å². The molecule has 1 fully saturated rings. The molecule has 0 aliphatic heterocycles. The van der Waals surface area contributed by atoms with Gasteiger partial charge in [-0.15, -0.1) is 0 Å². The topological polar surface area (TPSA) is 78.9 Å². The Balaban J connectivity index is 1.69. The molecule has 102 valence electrons. The molecule has 1 aliphatic carbocycles. The smallest absolute Gasteiger partial charge is 0.226 e. The zero-order valence-corrected chi connectivity index (χ0v) is 11.0. The molecule has 1 aromatic heterocycles. The summed E-state index contributed by atoms with van der Waals surface area (Å²) in [4.78, 5) is 12.1. The van der Waals surface area contributed by atoms with E-state index in [4.69, 9.17) is 9.78 Å². The van der Waals surface area contributed by atoms with Crippen molar-refractivity contribution in [3.8, 4) is 6.07 Å². The Labute approximate surface area is 116 Å². The van der Waals surface area contributed by atoms with Crippen molar-refractivity contribution in [3.63, 3.8) is 0 Å². The lowest BCUT2D eigenvalue weighted by atomic mass is 10.1. The molecule has 0 saturated heterocycles. The number of nitriles is 1. The zero-order valence-electron chi connectivity index (χ0n) is 11.0. The van der Waals surface area contributed by atoms with Gasteiger partial charge in [-0.05, 0) is 31.4 Å². The van der Waals surface area contributed by atoms with Crippen LogP contribution in [0.2, 0.25) is 0 Å². The molecule has 2 aromatic rings. The van der Waals surface area contributed by atoms with Crippen LogP contribution in [0.25, 0.3) is 11.0 Å². The van der Waals surface area contributed by atoms with Crippen LogP contribution in [-0.2, 0) is 11.2 Å². The zero-order chi connectivity index (χ0) is 13.9. The SMILES string of the molecule is N#CC1CCCC1NC(=O)Cc1noc2ccccc12. The first kappa shape index (κ1) is 12.7. The van der Waals surface area contributed by atoms with Gasteiger partial charge in [0.15, 0.2) is 5.58 Å². The maximum absolute atomic E-state index is 12.1. The van der Waals surface area contributed by atoms with Gasteiger partial charge < -0.3 is 9.84 Å². The van der Waals surface area contributed by atoms with E-state index < -0.39 is 0 Å². The van der Waals surface area contributed by atoms with Gasteiger partial charge in [0.2, 0.25) is 5.91 Å².